The van der Waals surface area contributed by atoms with Gasteiger partial charge in [-0.25, -0.2) is 13.1 Å². The van der Waals surface area contributed by atoms with Crippen LogP contribution in [-0.4, -0.2) is 75.4 Å². The molecule has 2 N–H and O–H groups in total. The molecule has 0 spiro atoms. The van der Waals surface area contributed by atoms with Crippen LogP contribution in [0.2, 0.25) is 0 Å². The number of nitrogens with zero attached hydrogens (tertiary/aromatic N) is 2. The second kappa shape index (κ2) is 10.9. The summed E-state index contributed by atoms with van der Waals surface area (Å²) in [6.07, 6.45) is 0.251. The van der Waals surface area contributed by atoms with E-state index < -0.39 is 22.2 Å². The van der Waals surface area contributed by atoms with E-state index in [9.17, 15) is 18.3 Å². The summed E-state index contributed by atoms with van der Waals surface area (Å²) in [6.45, 7) is 4.45. The second-order valence-electron chi connectivity index (χ2n) is 9.00. The highest BCUT2D eigenvalue weighted by molar-refractivity contribution is 7.89. The number of rotatable bonds is 7. The first-order valence-corrected chi connectivity index (χ1v) is 13.3. The van der Waals surface area contributed by atoms with Gasteiger partial charge in [0.05, 0.1) is 36.2 Å². The summed E-state index contributed by atoms with van der Waals surface area (Å²) in [4.78, 5) is 17.2. The lowest BCUT2D eigenvalue weighted by Gasteiger charge is -2.38. The number of para-hydroxylation sites is 1. The lowest BCUT2D eigenvalue weighted by Crippen LogP contribution is -2.52. The Labute approximate surface area is 201 Å². The number of hydrogen-bond donors (Lipinski definition) is 2. The van der Waals surface area contributed by atoms with Crippen molar-refractivity contribution in [2.45, 2.75) is 49.3 Å². The van der Waals surface area contributed by atoms with E-state index in [1.165, 1.54) is 0 Å². The van der Waals surface area contributed by atoms with Gasteiger partial charge in [-0.3, -0.25) is 4.79 Å². The molecule has 3 atom stereocenters. The van der Waals surface area contributed by atoms with Gasteiger partial charge < -0.3 is 19.6 Å². The highest BCUT2D eigenvalue weighted by atomic mass is 32.2. The summed E-state index contributed by atoms with van der Waals surface area (Å²) >= 11 is 0. The zero-order valence-electron chi connectivity index (χ0n) is 19.5. The molecule has 2 aromatic rings. The molecule has 0 aromatic heterocycles. The third-order valence-corrected chi connectivity index (χ3v) is 8.10. The van der Waals surface area contributed by atoms with E-state index in [4.69, 9.17) is 4.74 Å². The maximum Gasteiger partial charge on any atom is 0.240 e. The van der Waals surface area contributed by atoms with E-state index in [0.717, 1.165) is 24.3 Å². The molecule has 0 aliphatic carbocycles. The zero-order chi connectivity index (χ0) is 24.1. The first-order valence-electron chi connectivity index (χ1n) is 11.8. The van der Waals surface area contributed by atoms with Crippen molar-refractivity contribution in [2.24, 2.45) is 0 Å². The minimum atomic E-state index is -3.73. The first-order chi connectivity index (χ1) is 16.4. The molecule has 0 saturated carbocycles. The Bertz CT molecular complexity index is 1050. The van der Waals surface area contributed by atoms with Crippen molar-refractivity contribution in [3.63, 3.8) is 0 Å². The van der Waals surface area contributed by atoms with E-state index in [-0.39, 0.29) is 29.9 Å². The number of carbonyl (C=O) groups excluding carboxylic acids is 1. The predicted octanol–water partition coefficient (Wildman–Crippen LogP) is 1.92. The van der Waals surface area contributed by atoms with Gasteiger partial charge in [0.1, 0.15) is 0 Å². The molecule has 0 bridgehead atoms. The minimum absolute atomic E-state index is 0.0353. The number of nitrogens with one attached hydrogen (secondary N) is 1. The van der Waals surface area contributed by atoms with Crippen LogP contribution in [0.5, 0.6) is 0 Å². The normalized spacial score (nSPS) is 23.6. The average Bonchev–Trinajstić information content (AvgIpc) is 2.85. The van der Waals surface area contributed by atoms with Gasteiger partial charge in [-0.15, -0.1) is 0 Å². The van der Waals surface area contributed by atoms with Crippen molar-refractivity contribution in [3.8, 4) is 0 Å². The largest absolute Gasteiger partial charge is 0.394 e. The van der Waals surface area contributed by atoms with Gasteiger partial charge in [-0.1, -0.05) is 35.9 Å². The highest BCUT2D eigenvalue weighted by Gasteiger charge is 2.35. The minimum Gasteiger partial charge on any atom is -0.394 e. The topological polar surface area (TPSA) is 99.2 Å². The van der Waals surface area contributed by atoms with Crippen LogP contribution in [0.25, 0.3) is 0 Å². The van der Waals surface area contributed by atoms with E-state index in [2.05, 4.69) is 21.8 Å². The van der Waals surface area contributed by atoms with E-state index in [0.29, 0.717) is 25.9 Å². The van der Waals surface area contributed by atoms with Gasteiger partial charge >= 0.3 is 0 Å². The molecule has 2 aliphatic heterocycles. The quantitative estimate of drug-likeness (QED) is 0.619. The second-order valence-corrected chi connectivity index (χ2v) is 10.7. The maximum atomic E-state index is 12.9. The monoisotopic (exact) mass is 487 g/mol. The highest BCUT2D eigenvalue weighted by Crippen LogP contribution is 2.25. The third kappa shape index (κ3) is 5.96. The Morgan fingerprint density at radius 2 is 1.71 bits per heavy atom. The molecule has 2 aromatic carbocycles. The van der Waals surface area contributed by atoms with E-state index in [1.54, 1.807) is 24.3 Å². The number of amides is 1. The van der Waals surface area contributed by atoms with Gasteiger partial charge in [-0.2, -0.15) is 0 Å². The van der Waals surface area contributed by atoms with Crippen LogP contribution in [0, 0.1) is 6.92 Å². The van der Waals surface area contributed by atoms with E-state index in [1.807, 2.05) is 30.0 Å². The average molecular weight is 488 g/mol. The SMILES string of the molecule is Cc1ccc(S(=O)(=O)N[C@@H]2CC[C@H](CC(=O)N3CCN(c4ccccc4)CC3)O[C@@H]2CO)cc1. The van der Waals surface area contributed by atoms with Gasteiger partial charge in [0.2, 0.25) is 15.9 Å². The van der Waals surface area contributed by atoms with Crippen molar-refractivity contribution in [2.75, 3.05) is 37.7 Å². The zero-order valence-corrected chi connectivity index (χ0v) is 20.3. The van der Waals surface area contributed by atoms with Crippen LogP contribution in [0.3, 0.4) is 0 Å². The molecule has 2 fully saturated rings. The number of benzene rings is 2. The number of aliphatic hydroxyl groups excluding tert-OH is 1. The lowest BCUT2D eigenvalue weighted by atomic mass is 9.97. The molecule has 34 heavy (non-hydrogen) atoms. The maximum absolute atomic E-state index is 12.9. The molecule has 4 rings (SSSR count). The number of hydrogen-bond acceptors (Lipinski definition) is 6. The van der Waals surface area contributed by atoms with Gasteiger partial charge in [-0.05, 0) is 44.0 Å². The van der Waals surface area contributed by atoms with Crippen LogP contribution >= 0.6 is 0 Å². The number of ether oxygens (including phenoxy) is 1. The fourth-order valence-corrected chi connectivity index (χ4v) is 5.88. The standard InChI is InChI=1S/C25H33N3O5S/c1-19-7-10-22(11-8-19)34(31,32)26-23-12-9-21(33-24(23)18-29)17-25(30)28-15-13-27(14-16-28)20-5-3-2-4-6-20/h2-8,10-11,21,23-24,26,29H,9,12-18H2,1H3/t21-,23-,24-/m1/s1. The molecule has 2 saturated heterocycles. The van der Waals surface area contributed by atoms with Gasteiger partial charge in [0.25, 0.3) is 0 Å². The summed E-state index contributed by atoms with van der Waals surface area (Å²) in [7, 11) is -3.73. The number of piperazine rings is 1. The number of aliphatic hydroxyl groups is 1. The van der Waals surface area contributed by atoms with Crippen molar-refractivity contribution in [1.29, 1.82) is 0 Å². The van der Waals surface area contributed by atoms with Crippen molar-refractivity contribution in [1.82, 2.24) is 9.62 Å². The summed E-state index contributed by atoms with van der Waals surface area (Å²) < 4.78 is 34.2. The van der Waals surface area contributed by atoms with Crippen molar-refractivity contribution in [3.05, 3.63) is 60.2 Å². The van der Waals surface area contributed by atoms with E-state index >= 15 is 0 Å². The summed E-state index contributed by atoms with van der Waals surface area (Å²) in [5.41, 5.74) is 2.14. The summed E-state index contributed by atoms with van der Waals surface area (Å²) in [5.74, 6) is 0.0353. The third-order valence-electron chi connectivity index (χ3n) is 6.59. The Balaban J connectivity index is 1.28. The van der Waals surface area contributed by atoms with Gasteiger partial charge in [0, 0.05) is 31.9 Å². The molecular formula is C25H33N3O5S. The summed E-state index contributed by atoms with van der Waals surface area (Å²) in [6, 6.07) is 16.2. The molecular weight excluding hydrogens is 454 g/mol. The molecule has 9 heteroatoms. The van der Waals surface area contributed by atoms with Crippen molar-refractivity contribution >= 4 is 21.6 Å². The number of aryl methyl sites for hydroxylation is 1. The number of carbonyl (C=O) groups is 1. The van der Waals surface area contributed by atoms with Crippen LogP contribution in [0.4, 0.5) is 5.69 Å². The molecule has 0 unspecified atom stereocenters. The fraction of sp³-hybridized carbons (Fsp3) is 0.480. The molecule has 2 heterocycles. The Morgan fingerprint density at radius 1 is 1.03 bits per heavy atom. The van der Waals surface area contributed by atoms with Crippen LogP contribution in [0.1, 0.15) is 24.8 Å². The first kappa shape index (κ1) is 24.7. The van der Waals surface area contributed by atoms with Crippen LogP contribution in [-0.2, 0) is 19.6 Å². The van der Waals surface area contributed by atoms with Crippen LogP contribution < -0.4 is 9.62 Å². The Hall–Kier alpha value is -2.46. The molecule has 184 valence electrons. The predicted molar refractivity (Wildman–Crippen MR) is 130 cm³/mol. The molecule has 1 amide bonds. The Kier molecular flexibility index (Phi) is 7.88. The number of sulfonamides is 1. The smallest absolute Gasteiger partial charge is 0.240 e. The van der Waals surface area contributed by atoms with Gasteiger partial charge in [0.15, 0.2) is 0 Å². The molecule has 0 radical (unpaired) electrons. The number of anilines is 1. The lowest BCUT2D eigenvalue weighted by molar-refractivity contribution is -0.140. The van der Waals surface area contributed by atoms with Crippen LogP contribution in [0.15, 0.2) is 59.5 Å². The summed E-state index contributed by atoms with van der Waals surface area (Å²) in [5, 5.41) is 9.84. The molecule has 2 aliphatic rings. The Morgan fingerprint density at radius 3 is 2.35 bits per heavy atom. The van der Waals surface area contributed by atoms with Crippen molar-refractivity contribution < 1.29 is 23.1 Å². The molecule has 8 nitrogen and oxygen atoms in total. The fourth-order valence-electron chi connectivity index (χ4n) is 4.58.